The molecule has 2 aromatic carbocycles. The van der Waals surface area contributed by atoms with Gasteiger partial charge in [0.15, 0.2) is 5.76 Å². The zero-order chi connectivity index (χ0) is 22.1. The number of amides is 2. The molecule has 3 heterocycles. The first-order chi connectivity index (χ1) is 15.6. The molecule has 0 bridgehead atoms. The second kappa shape index (κ2) is 8.67. The molecule has 0 spiro atoms. The molecule has 2 aliphatic rings. The maximum Gasteiger partial charge on any atom is 0.289 e. The van der Waals surface area contributed by atoms with Gasteiger partial charge in [0.05, 0.1) is 12.0 Å². The van der Waals surface area contributed by atoms with Crippen LogP contribution in [0.1, 0.15) is 39.8 Å². The second-order valence-electron chi connectivity index (χ2n) is 7.75. The van der Waals surface area contributed by atoms with Gasteiger partial charge in [0, 0.05) is 52.8 Å². The van der Waals surface area contributed by atoms with Crippen LogP contribution in [0.5, 0.6) is 0 Å². The van der Waals surface area contributed by atoms with Crippen LogP contribution in [0.25, 0.3) is 0 Å². The number of hydrogen-bond acceptors (Lipinski definition) is 5. The highest BCUT2D eigenvalue weighted by molar-refractivity contribution is 7.99. The summed E-state index contributed by atoms with van der Waals surface area (Å²) in [6, 6.07) is 17.4. The topological polar surface area (TPSA) is 66.1 Å². The Morgan fingerprint density at radius 3 is 2.41 bits per heavy atom. The molecule has 7 heteroatoms. The highest BCUT2D eigenvalue weighted by atomic mass is 32.2. The largest absolute Gasteiger partial charge is 0.459 e. The van der Waals surface area contributed by atoms with E-state index >= 15 is 0 Å². The van der Waals surface area contributed by atoms with E-state index in [1.54, 1.807) is 33.7 Å². The highest BCUT2D eigenvalue weighted by Gasteiger charge is 2.27. The number of hydrogen-bond donors (Lipinski definition) is 0. The summed E-state index contributed by atoms with van der Waals surface area (Å²) in [6.45, 7) is 4.06. The summed E-state index contributed by atoms with van der Waals surface area (Å²) in [5.41, 5.74) is 3.64. The van der Waals surface area contributed by atoms with E-state index in [2.05, 4.69) is 19.1 Å². The molecule has 0 atom stereocenters. The van der Waals surface area contributed by atoms with E-state index in [0.717, 1.165) is 28.3 Å². The molecule has 0 N–H and O–H groups in total. The zero-order valence-electron chi connectivity index (χ0n) is 17.8. The van der Waals surface area contributed by atoms with Crippen LogP contribution in [0.4, 0.5) is 5.69 Å². The van der Waals surface area contributed by atoms with Crippen molar-refractivity contribution in [2.75, 3.05) is 26.2 Å². The van der Waals surface area contributed by atoms with Crippen molar-refractivity contribution in [3.63, 3.8) is 0 Å². The average molecular weight is 446 g/mol. The summed E-state index contributed by atoms with van der Waals surface area (Å²) >= 11 is 1.69. The predicted octanol–water partition coefficient (Wildman–Crippen LogP) is 4.87. The summed E-state index contributed by atoms with van der Waals surface area (Å²) in [5.74, 6) is 0.168. The minimum Gasteiger partial charge on any atom is -0.459 e. The van der Waals surface area contributed by atoms with E-state index < -0.39 is 0 Å². The average Bonchev–Trinajstić information content (AvgIpc) is 3.32. The summed E-state index contributed by atoms with van der Waals surface area (Å²) in [6.07, 6.45) is 2.31. The van der Waals surface area contributed by atoms with Gasteiger partial charge in [-0.3, -0.25) is 14.6 Å². The van der Waals surface area contributed by atoms with Gasteiger partial charge < -0.3 is 14.2 Å². The maximum atomic E-state index is 13.2. The SMILES string of the molecule is CCC1=Nc2cc(C(=O)N3CCN(C(=O)c4ccco4)CC3)ccc2Sc2ccccc21. The monoisotopic (exact) mass is 445 g/mol. The van der Waals surface area contributed by atoms with Crippen molar-refractivity contribution >= 4 is 35.0 Å². The molecule has 2 aliphatic heterocycles. The molecule has 0 unspecified atom stereocenters. The minimum atomic E-state index is -0.134. The van der Waals surface area contributed by atoms with Crippen LogP contribution in [0.15, 0.2) is 80.1 Å². The van der Waals surface area contributed by atoms with Crippen LogP contribution in [0, 0.1) is 0 Å². The fourth-order valence-electron chi connectivity index (χ4n) is 4.06. The minimum absolute atomic E-state index is 0.0297. The van der Waals surface area contributed by atoms with Crippen molar-refractivity contribution in [1.29, 1.82) is 0 Å². The molecule has 0 radical (unpaired) electrons. The van der Waals surface area contributed by atoms with E-state index in [-0.39, 0.29) is 11.8 Å². The Morgan fingerprint density at radius 2 is 1.69 bits per heavy atom. The predicted molar refractivity (Wildman–Crippen MR) is 124 cm³/mol. The number of rotatable bonds is 3. The zero-order valence-corrected chi connectivity index (χ0v) is 18.6. The Kier molecular flexibility index (Phi) is 5.57. The number of furan rings is 1. The third-order valence-corrected chi connectivity index (χ3v) is 6.94. The molecule has 3 aromatic rings. The van der Waals surface area contributed by atoms with Gasteiger partial charge in [-0.1, -0.05) is 36.9 Å². The molecule has 6 nitrogen and oxygen atoms in total. The number of piperazine rings is 1. The van der Waals surface area contributed by atoms with Crippen LogP contribution in [0.2, 0.25) is 0 Å². The number of fused-ring (bicyclic) bond motifs is 2. The summed E-state index contributed by atoms with van der Waals surface area (Å²) < 4.78 is 5.21. The Morgan fingerprint density at radius 1 is 0.938 bits per heavy atom. The molecule has 5 rings (SSSR count). The fourth-order valence-corrected chi connectivity index (χ4v) is 5.09. The lowest BCUT2D eigenvalue weighted by atomic mass is 10.1. The van der Waals surface area contributed by atoms with Crippen LogP contribution >= 0.6 is 11.8 Å². The van der Waals surface area contributed by atoms with Gasteiger partial charge in [0.2, 0.25) is 0 Å². The number of carbonyl (C=O) groups is 2. The van der Waals surface area contributed by atoms with Crippen LogP contribution < -0.4 is 0 Å². The first kappa shape index (κ1) is 20.6. The number of aliphatic imine (C=N–C) groups is 1. The van der Waals surface area contributed by atoms with Crippen LogP contribution in [-0.4, -0.2) is 53.5 Å². The standard InChI is InChI=1S/C25H23N3O3S/c1-2-19-18-6-3-4-8-22(18)32-23-10-9-17(16-20(23)26-19)24(29)27-11-13-28(14-12-27)25(30)21-7-5-15-31-21/h3-10,15-16H,2,11-14H2,1H3. The van der Waals surface area contributed by atoms with Gasteiger partial charge in [-0.15, -0.1) is 0 Å². The molecule has 1 fully saturated rings. The smallest absolute Gasteiger partial charge is 0.289 e. The van der Waals surface area contributed by atoms with Crippen molar-refractivity contribution in [3.8, 4) is 0 Å². The normalized spacial score (nSPS) is 15.5. The quantitative estimate of drug-likeness (QED) is 0.577. The molecule has 1 aromatic heterocycles. The fraction of sp³-hybridized carbons (Fsp3) is 0.240. The van der Waals surface area contributed by atoms with Crippen LogP contribution in [-0.2, 0) is 0 Å². The van der Waals surface area contributed by atoms with Crippen molar-refractivity contribution in [3.05, 3.63) is 77.7 Å². The van der Waals surface area contributed by atoms with E-state index in [1.807, 2.05) is 30.3 Å². The van der Waals surface area contributed by atoms with Gasteiger partial charge in [-0.2, -0.15) is 0 Å². The second-order valence-corrected chi connectivity index (χ2v) is 8.84. The summed E-state index contributed by atoms with van der Waals surface area (Å²) in [4.78, 5) is 36.3. The lowest BCUT2D eigenvalue weighted by molar-refractivity contribution is 0.0518. The summed E-state index contributed by atoms with van der Waals surface area (Å²) in [5, 5.41) is 0. The first-order valence-corrected chi connectivity index (χ1v) is 11.6. The third-order valence-electron chi connectivity index (χ3n) is 5.80. The Balaban J connectivity index is 1.33. The van der Waals surface area contributed by atoms with Crippen molar-refractivity contribution in [2.45, 2.75) is 23.1 Å². The van der Waals surface area contributed by atoms with Crippen LogP contribution in [0.3, 0.4) is 0 Å². The Bertz CT molecular complexity index is 1190. The molecule has 0 saturated carbocycles. The molecular weight excluding hydrogens is 422 g/mol. The lowest BCUT2D eigenvalue weighted by Crippen LogP contribution is -2.50. The van der Waals surface area contributed by atoms with Crippen molar-refractivity contribution in [1.82, 2.24) is 9.80 Å². The van der Waals surface area contributed by atoms with Gasteiger partial charge in [0.25, 0.3) is 11.8 Å². The summed E-state index contributed by atoms with van der Waals surface area (Å²) in [7, 11) is 0. The lowest BCUT2D eigenvalue weighted by Gasteiger charge is -2.34. The molecule has 32 heavy (non-hydrogen) atoms. The molecule has 162 valence electrons. The van der Waals surface area contributed by atoms with Gasteiger partial charge >= 0.3 is 0 Å². The number of nitrogens with zero attached hydrogens (tertiary/aromatic N) is 3. The highest BCUT2D eigenvalue weighted by Crippen LogP contribution is 2.41. The molecule has 2 amide bonds. The number of benzene rings is 2. The van der Waals surface area contributed by atoms with Crippen molar-refractivity contribution in [2.24, 2.45) is 4.99 Å². The molecule has 0 aliphatic carbocycles. The van der Waals surface area contributed by atoms with Gasteiger partial charge in [0.1, 0.15) is 0 Å². The van der Waals surface area contributed by atoms with E-state index in [1.165, 1.54) is 11.2 Å². The van der Waals surface area contributed by atoms with E-state index in [4.69, 9.17) is 9.41 Å². The first-order valence-electron chi connectivity index (χ1n) is 10.7. The third kappa shape index (κ3) is 3.84. The van der Waals surface area contributed by atoms with Gasteiger partial charge in [-0.05, 0) is 42.8 Å². The van der Waals surface area contributed by atoms with Gasteiger partial charge in [-0.25, -0.2) is 0 Å². The van der Waals surface area contributed by atoms with E-state index in [9.17, 15) is 9.59 Å². The van der Waals surface area contributed by atoms with E-state index in [0.29, 0.717) is 37.5 Å². The molecule has 1 saturated heterocycles. The maximum absolute atomic E-state index is 13.2. The molecular formula is C25H23N3O3S. The number of carbonyl (C=O) groups excluding carboxylic acids is 2. The Hall–Kier alpha value is -3.32. The van der Waals surface area contributed by atoms with Crippen molar-refractivity contribution < 1.29 is 14.0 Å². The Labute approximate surface area is 190 Å².